The molecule has 4 nitrogen and oxygen atoms in total. The van der Waals surface area contributed by atoms with Crippen LogP contribution in [0.1, 0.15) is 27.0 Å². The summed E-state index contributed by atoms with van der Waals surface area (Å²) in [6, 6.07) is 9.53. The van der Waals surface area contributed by atoms with Crippen molar-refractivity contribution in [3.05, 3.63) is 57.1 Å². The first-order chi connectivity index (χ1) is 12.1. The van der Waals surface area contributed by atoms with E-state index in [1.54, 1.807) is 14.2 Å². The number of fused-ring (bicyclic) bond motifs is 1. The zero-order valence-corrected chi connectivity index (χ0v) is 16.5. The summed E-state index contributed by atoms with van der Waals surface area (Å²) in [7, 11) is 3.24. The number of carbonyl (C=O) groups is 1. The van der Waals surface area contributed by atoms with Crippen LogP contribution in [-0.4, -0.2) is 31.6 Å². The number of nitrogens with zero attached hydrogens (tertiary/aromatic N) is 1. The second kappa shape index (κ2) is 7.67. The highest BCUT2D eigenvalue weighted by Gasteiger charge is 2.27. The first kappa shape index (κ1) is 18.1. The molecular formula is C19H19BrClNO3. The monoisotopic (exact) mass is 423 g/mol. The molecule has 0 saturated carbocycles. The van der Waals surface area contributed by atoms with Gasteiger partial charge in [-0.05, 0) is 41.8 Å². The molecule has 0 radical (unpaired) electrons. The van der Waals surface area contributed by atoms with E-state index in [2.05, 4.69) is 15.9 Å². The maximum atomic E-state index is 13.0. The van der Waals surface area contributed by atoms with E-state index in [1.165, 1.54) is 0 Å². The van der Waals surface area contributed by atoms with E-state index in [4.69, 9.17) is 21.1 Å². The molecule has 0 fully saturated rings. The third kappa shape index (κ3) is 3.62. The van der Waals surface area contributed by atoms with Crippen molar-refractivity contribution in [1.29, 1.82) is 0 Å². The number of halogens is 2. The van der Waals surface area contributed by atoms with Crippen LogP contribution in [0.15, 0.2) is 34.8 Å². The smallest absolute Gasteiger partial charge is 0.254 e. The molecule has 0 saturated heterocycles. The fourth-order valence-electron chi connectivity index (χ4n) is 3.07. The molecule has 3 rings (SSSR count). The van der Waals surface area contributed by atoms with Gasteiger partial charge in [-0.1, -0.05) is 15.9 Å². The van der Waals surface area contributed by atoms with Gasteiger partial charge in [0.25, 0.3) is 5.91 Å². The molecule has 0 spiro atoms. The van der Waals surface area contributed by atoms with Crippen LogP contribution in [0.2, 0.25) is 0 Å². The molecule has 1 aliphatic rings. The molecule has 2 aromatic carbocycles. The molecule has 1 heterocycles. The summed E-state index contributed by atoms with van der Waals surface area (Å²) in [6.07, 6.45) is 0.808. The minimum absolute atomic E-state index is 0.0202. The Kier molecular flexibility index (Phi) is 5.54. The zero-order valence-electron chi connectivity index (χ0n) is 14.1. The molecule has 0 aromatic heterocycles. The van der Waals surface area contributed by atoms with Gasteiger partial charge in [-0.3, -0.25) is 4.79 Å². The summed E-state index contributed by atoms with van der Waals surface area (Å²) in [6.45, 7) is 1.16. The number of carbonyl (C=O) groups excluding carboxylic acids is 1. The van der Waals surface area contributed by atoms with Gasteiger partial charge < -0.3 is 14.4 Å². The number of alkyl halides is 1. The molecule has 0 atom stereocenters. The summed E-state index contributed by atoms with van der Waals surface area (Å²) in [4.78, 5) is 14.8. The first-order valence-corrected chi connectivity index (χ1v) is 9.27. The SMILES string of the molecule is COc1ccc(CN2CCc3c(Br)cc(CCl)cc3C2=O)c(OC)c1. The van der Waals surface area contributed by atoms with E-state index < -0.39 is 0 Å². The number of rotatable bonds is 5. The standard InChI is InChI=1S/C19H19BrClNO3/c1-24-14-4-3-13(18(9-14)25-2)11-22-6-5-15-16(19(22)23)7-12(10-21)8-17(15)20/h3-4,7-9H,5-6,10-11H2,1-2H3. The van der Waals surface area contributed by atoms with Crippen molar-refractivity contribution in [1.82, 2.24) is 4.90 Å². The Bertz CT molecular complexity index is 809. The number of hydrogen-bond donors (Lipinski definition) is 0. The number of amides is 1. The maximum absolute atomic E-state index is 13.0. The summed E-state index contributed by atoms with van der Waals surface area (Å²) < 4.78 is 11.6. The molecule has 6 heteroatoms. The van der Waals surface area contributed by atoms with Gasteiger partial charge in [0.1, 0.15) is 11.5 Å². The number of hydrogen-bond acceptors (Lipinski definition) is 3. The molecule has 0 bridgehead atoms. The van der Waals surface area contributed by atoms with Gasteiger partial charge in [0.15, 0.2) is 0 Å². The first-order valence-electron chi connectivity index (χ1n) is 7.94. The van der Waals surface area contributed by atoms with Crippen LogP contribution < -0.4 is 9.47 Å². The Labute approximate surface area is 160 Å². The fraction of sp³-hybridized carbons (Fsp3) is 0.316. The molecule has 1 amide bonds. The van der Waals surface area contributed by atoms with E-state index in [-0.39, 0.29) is 5.91 Å². The number of methoxy groups -OCH3 is 2. The molecule has 25 heavy (non-hydrogen) atoms. The van der Waals surface area contributed by atoms with Crippen LogP contribution in [0.5, 0.6) is 11.5 Å². The van der Waals surface area contributed by atoms with Gasteiger partial charge in [0.05, 0.1) is 14.2 Å². The second-order valence-corrected chi connectivity index (χ2v) is 7.01. The topological polar surface area (TPSA) is 38.8 Å². The van der Waals surface area contributed by atoms with E-state index in [0.29, 0.717) is 24.7 Å². The molecule has 1 aliphatic heterocycles. The lowest BCUT2D eigenvalue weighted by Crippen LogP contribution is -2.37. The zero-order chi connectivity index (χ0) is 18.0. The lowest BCUT2D eigenvalue weighted by Gasteiger charge is -2.30. The normalized spacial score (nSPS) is 13.6. The predicted molar refractivity (Wildman–Crippen MR) is 102 cm³/mol. The van der Waals surface area contributed by atoms with Crippen LogP contribution in [-0.2, 0) is 18.8 Å². The van der Waals surface area contributed by atoms with Crippen LogP contribution in [0.3, 0.4) is 0 Å². The molecule has 0 unspecified atom stereocenters. The van der Waals surface area contributed by atoms with Crippen molar-refractivity contribution in [2.45, 2.75) is 18.8 Å². The summed E-state index contributed by atoms with van der Waals surface area (Å²) >= 11 is 9.51. The van der Waals surface area contributed by atoms with Crippen molar-refractivity contribution in [2.75, 3.05) is 20.8 Å². The van der Waals surface area contributed by atoms with E-state index in [9.17, 15) is 4.79 Å². The largest absolute Gasteiger partial charge is 0.497 e. The highest BCUT2D eigenvalue weighted by atomic mass is 79.9. The van der Waals surface area contributed by atoms with Gasteiger partial charge in [0.2, 0.25) is 0 Å². The second-order valence-electron chi connectivity index (χ2n) is 5.89. The minimum Gasteiger partial charge on any atom is -0.497 e. The Balaban J connectivity index is 1.89. The van der Waals surface area contributed by atoms with Crippen molar-refractivity contribution in [3.8, 4) is 11.5 Å². The molecule has 132 valence electrons. The van der Waals surface area contributed by atoms with Crippen molar-refractivity contribution >= 4 is 33.4 Å². The van der Waals surface area contributed by atoms with Crippen LogP contribution >= 0.6 is 27.5 Å². The number of ether oxygens (including phenoxy) is 2. The Hall–Kier alpha value is -1.72. The Morgan fingerprint density at radius 3 is 2.68 bits per heavy atom. The Morgan fingerprint density at radius 1 is 1.20 bits per heavy atom. The van der Waals surface area contributed by atoms with E-state index in [0.717, 1.165) is 38.9 Å². The molecule has 0 N–H and O–H groups in total. The maximum Gasteiger partial charge on any atom is 0.254 e. The van der Waals surface area contributed by atoms with Gasteiger partial charge in [-0.25, -0.2) is 0 Å². The molecule has 0 aliphatic carbocycles. The highest BCUT2D eigenvalue weighted by molar-refractivity contribution is 9.10. The van der Waals surface area contributed by atoms with Gasteiger partial charge in [-0.2, -0.15) is 0 Å². The number of benzene rings is 2. The summed E-state index contributed by atoms with van der Waals surface area (Å²) in [5.74, 6) is 1.85. The third-order valence-corrected chi connectivity index (χ3v) is 5.43. The summed E-state index contributed by atoms with van der Waals surface area (Å²) in [5.41, 5.74) is 3.66. The highest BCUT2D eigenvalue weighted by Crippen LogP contribution is 2.31. The van der Waals surface area contributed by atoms with Crippen LogP contribution in [0.4, 0.5) is 0 Å². The molecule has 2 aromatic rings. The van der Waals surface area contributed by atoms with Gasteiger partial charge in [0, 0.05) is 40.6 Å². The molecular weight excluding hydrogens is 406 g/mol. The van der Waals surface area contributed by atoms with Crippen LogP contribution in [0, 0.1) is 0 Å². The van der Waals surface area contributed by atoms with Crippen molar-refractivity contribution in [2.24, 2.45) is 0 Å². The average Bonchev–Trinajstić information content (AvgIpc) is 2.64. The lowest BCUT2D eigenvalue weighted by molar-refractivity contribution is 0.0725. The van der Waals surface area contributed by atoms with Crippen LogP contribution in [0.25, 0.3) is 0 Å². The third-order valence-electron chi connectivity index (χ3n) is 4.41. The average molecular weight is 425 g/mol. The van der Waals surface area contributed by atoms with Gasteiger partial charge >= 0.3 is 0 Å². The summed E-state index contributed by atoms with van der Waals surface area (Å²) in [5, 5.41) is 0. The Morgan fingerprint density at radius 2 is 2.00 bits per heavy atom. The van der Waals surface area contributed by atoms with Crippen molar-refractivity contribution < 1.29 is 14.3 Å². The van der Waals surface area contributed by atoms with E-state index in [1.807, 2.05) is 35.2 Å². The van der Waals surface area contributed by atoms with E-state index >= 15 is 0 Å². The fourth-order valence-corrected chi connectivity index (χ4v) is 3.93. The quantitative estimate of drug-likeness (QED) is 0.668. The predicted octanol–water partition coefficient (Wildman–Crippen LogP) is 4.40. The lowest BCUT2D eigenvalue weighted by atomic mass is 9.96. The van der Waals surface area contributed by atoms with Crippen molar-refractivity contribution in [3.63, 3.8) is 0 Å². The van der Waals surface area contributed by atoms with Gasteiger partial charge in [-0.15, -0.1) is 11.6 Å². The minimum atomic E-state index is 0.0202.